The summed E-state index contributed by atoms with van der Waals surface area (Å²) < 4.78 is 0. The second-order valence-electron chi connectivity index (χ2n) is 4.52. The van der Waals surface area contributed by atoms with Gasteiger partial charge in [0, 0.05) is 4.88 Å². The Morgan fingerprint density at radius 2 is 1.73 bits per heavy atom. The third-order valence-electron chi connectivity index (χ3n) is 2.90. The number of nitrogens with one attached hydrogen (secondary N) is 1. The van der Waals surface area contributed by atoms with Crippen molar-refractivity contribution < 1.29 is 9.59 Å². The second kappa shape index (κ2) is 17.7. The van der Waals surface area contributed by atoms with Crippen molar-refractivity contribution in [1.29, 1.82) is 0 Å². The van der Waals surface area contributed by atoms with Crippen molar-refractivity contribution in [3.63, 3.8) is 0 Å². The molecule has 1 aliphatic carbocycles. The molecule has 0 bridgehead atoms. The third-order valence-corrected chi connectivity index (χ3v) is 4.07. The molecule has 0 fully saturated rings. The number of unbranched alkanes of at least 4 members (excludes halogenated alkanes) is 2. The number of amides is 2. The van der Waals surface area contributed by atoms with E-state index in [1.165, 1.54) is 55.4 Å². The Morgan fingerprint density at radius 3 is 2.14 bits per heavy atom. The second-order valence-corrected chi connectivity index (χ2v) is 5.65. The molecule has 1 aromatic rings. The first kappa shape index (κ1) is 22.9. The van der Waals surface area contributed by atoms with Crippen molar-refractivity contribution in [2.24, 2.45) is 5.73 Å². The SMILES string of the molecule is CC.CCCCC.NC=O.O=CNc1cc2c(s1)CCCC2. The van der Waals surface area contributed by atoms with Gasteiger partial charge in [0.15, 0.2) is 0 Å². The average Bonchev–Trinajstić information content (AvgIpc) is 2.94. The Morgan fingerprint density at radius 1 is 1.18 bits per heavy atom. The van der Waals surface area contributed by atoms with E-state index in [4.69, 9.17) is 4.79 Å². The molecule has 2 rings (SSSR count). The van der Waals surface area contributed by atoms with E-state index in [0.29, 0.717) is 0 Å². The third kappa shape index (κ3) is 11.3. The fourth-order valence-corrected chi connectivity index (χ4v) is 3.09. The van der Waals surface area contributed by atoms with Crippen molar-refractivity contribution in [3.05, 3.63) is 16.5 Å². The van der Waals surface area contributed by atoms with Gasteiger partial charge in [-0.15, -0.1) is 11.3 Å². The fraction of sp³-hybridized carbons (Fsp3) is 0.647. The maximum atomic E-state index is 10.2. The number of carbonyl (C=O) groups is 2. The predicted molar refractivity (Wildman–Crippen MR) is 97.4 cm³/mol. The number of hydrogen-bond acceptors (Lipinski definition) is 3. The van der Waals surface area contributed by atoms with E-state index in [9.17, 15) is 4.79 Å². The van der Waals surface area contributed by atoms with Gasteiger partial charge in [0.2, 0.25) is 12.8 Å². The summed E-state index contributed by atoms with van der Waals surface area (Å²) in [4.78, 5) is 20.2. The molecule has 0 saturated carbocycles. The zero-order valence-electron chi connectivity index (χ0n) is 14.5. The molecular formula is C17H32N2O2S. The van der Waals surface area contributed by atoms with Gasteiger partial charge in [0.05, 0.1) is 5.00 Å². The van der Waals surface area contributed by atoms with Crippen LogP contribution < -0.4 is 11.1 Å². The Hall–Kier alpha value is -1.36. The number of fused-ring (bicyclic) bond motifs is 1. The van der Waals surface area contributed by atoms with E-state index in [0.717, 1.165) is 11.4 Å². The van der Waals surface area contributed by atoms with Crippen LogP contribution in [0, 0.1) is 0 Å². The van der Waals surface area contributed by atoms with Gasteiger partial charge in [-0.1, -0.05) is 47.0 Å². The monoisotopic (exact) mass is 328 g/mol. The van der Waals surface area contributed by atoms with E-state index in [1.807, 2.05) is 13.8 Å². The van der Waals surface area contributed by atoms with Gasteiger partial charge in [0.1, 0.15) is 0 Å². The van der Waals surface area contributed by atoms with Crippen LogP contribution in [0.1, 0.15) is 70.2 Å². The molecule has 0 radical (unpaired) electrons. The Bertz CT molecular complexity index is 353. The summed E-state index contributed by atoms with van der Waals surface area (Å²) in [5, 5.41) is 3.70. The fourth-order valence-electron chi connectivity index (χ4n) is 1.97. The molecule has 128 valence electrons. The van der Waals surface area contributed by atoms with Crippen LogP contribution in [0.15, 0.2) is 6.07 Å². The summed E-state index contributed by atoms with van der Waals surface area (Å²) in [5.74, 6) is 0. The van der Waals surface area contributed by atoms with Crippen LogP contribution in [0.25, 0.3) is 0 Å². The molecule has 0 aromatic carbocycles. The molecule has 22 heavy (non-hydrogen) atoms. The van der Waals surface area contributed by atoms with Crippen molar-refractivity contribution >= 4 is 29.2 Å². The lowest BCUT2D eigenvalue weighted by molar-refractivity contribution is -0.107. The molecular weight excluding hydrogens is 296 g/mol. The normalized spacial score (nSPS) is 11.1. The summed E-state index contributed by atoms with van der Waals surface area (Å²) in [5.41, 5.74) is 5.61. The summed E-state index contributed by atoms with van der Waals surface area (Å²) in [6.07, 6.45) is 10.1. The number of primary amides is 1. The topological polar surface area (TPSA) is 72.2 Å². The van der Waals surface area contributed by atoms with E-state index in [1.54, 1.807) is 11.3 Å². The Labute approximate surface area is 139 Å². The van der Waals surface area contributed by atoms with Crippen LogP contribution in [0.3, 0.4) is 0 Å². The largest absolute Gasteiger partial charge is 0.372 e. The first-order chi connectivity index (χ1) is 10.7. The van der Waals surface area contributed by atoms with Crippen LogP contribution >= 0.6 is 11.3 Å². The number of rotatable bonds is 4. The number of carbonyl (C=O) groups excluding carboxylic acids is 2. The Kier molecular flexibility index (Phi) is 18.4. The van der Waals surface area contributed by atoms with Gasteiger partial charge < -0.3 is 11.1 Å². The van der Waals surface area contributed by atoms with Crippen LogP contribution in [0.2, 0.25) is 0 Å². The van der Waals surface area contributed by atoms with Gasteiger partial charge in [-0.25, -0.2) is 0 Å². The molecule has 5 heteroatoms. The standard InChI is InChI=1S/C9H11NOS.C5H12.C2H6.CH3NO/c11-6-10-9-5-7-3-1-2-4-8(7)12-9;1-3-5-4-2;1-2;2-1-3/h5-6H,1-4H2,(H,10,11);3-5H2,1-2H3;1-2H3;1H,(H2,2,3). The first-order valence-corrected chi connectivity index (χ1v) is 9.02. The van der Waals surface area contributed by atoms with E-state index >= 15 is 0 Å². The molecule has 0 aliphatic heterocycles. The van der Waals surface area contributed by atoms with Gasteiger partial charge in [0.25, 0.3) is 0 Å². The van der Waals surface area contributed by atoms with E-state index in [-0.39, 0.29) is 6.41 Å². The van der Waals surface area contributed by atoms with Gasteiger partial charge >= 0.3 is 0 Å². The van der Waals surface area contributed by atoms with Crippen molar-refractivity contribution in [3.8, 4) is 0 Å². The van der Waals surface area contributed by atoms with E-state index in [2.05, 4.69) is 31.0 Å². The lowest BCUT2D eigenvalue weighted by Gasteiger charge is -2.08. The molecule has 1 aliphatic rings. The van der Waals surface area contributed by atoms with Crippen molar-refractivity contribution in [2.45, 2.75) is 72.6 Å². The molecule has 0 atom stereocenters. The molecule has 2 amide bonds. The average molecular weight is 329 g/mol. The molecule has 0 spiro atoms. The molecule has 1 aromatic heterocycles. The Balaban J connectivity index is 0. The lowest BCUT2D eigenvalue weighted by atomic mass is 10.00. The zero-order valence-corrected chi connectivity index (χ0v) is 15.3. The minimum Gasteiger partial charge on any atom is -0.372 e. The van der Waals surface area contributed by atoms with Crippen molar-refractivity contribution in [2.75, 3.05) is 5.32 Å². The van der Waals surface area contributed by atoms with Gasteiger partial charge in [-0.2, -0.15) is 0 Å². The maximum absolute atomic E-state index is 10.2. The molecule has 0 unspecified atom stereocenters. The minimum absolute atomic E-state index is 0.250. The summed E-state index contributed by atoms with van der Waals surface area (Å²) >= 11 is 1.72. The summed E-state index contributed by atoms with van der Waals surface area (Å²) in [6.45, 7) is 8.42. The number of hydrogen-bond donors (Lipinski definition) is 2. The number of thiophene rings is 1. The smallest absolute Gasteiger partial charge is 0.212 e. The van der Waals surface area contributed by atoms with Crippen LogP contribution in [-0.4, -0.2) is 12.8 Å². The van der Waals surface area contributed by atoms with Crippen LogP contribution in [0.4, 0.5) is 5.00 Å². The van der Waals surface area contributed by atoms with Gasteiger partial charge in [-0.3, -0.25) is 9.59 Å². The van der Waals surface area contributed by atoms with Crippen LogP contribution in [0.5, 0.6) is 0 Å². The summed E-state index contributed by atoms with van der Waals surface area (Å²) in [7, 11) is 0. The highest BCUT2D eigenvalue weighted by atomic mass is 32.1. The summed E-state index contributed by atoms with van der Waals surface area (Å²) in [6, 6.07) is 2.10. The minimum atomic E-state index is 0.250. The zero-order chi connectivity index (χ0) is 17.2. The quantitative estimate of drug-likeness (QED) is 0.798. The predicted octanol–water partition coefficient (Wildman–Crippen LogP) is 4.52. The highest BCUT2D eigenvalue weighted by Gasteiger charge is 2.12. The first-order valence-electron chi connectivity index (χ1n) is 8.20. The molecule has 4 nitrogen and oxygen atoms in total. The highest BCUT2D eigenvalue weighted by Crippen LogP contribution is 2.32. The lowest BCUT2D eigenvalue weighted by Crippen LogP contribution is -1.96. The maximum Gasteiger partial charge on any atom is 0.212 e. The van der Waals surface area contributed by atoms with Gasteiger partial charge in [-0.05, 0) is 37.3 Å². The van der Waals surface area contributed by atoms with Crippen molar-refractivity contribution in [1.82, 2.24) is 0 Å². The number of anilines is 1. The molecule has 3 N–H and O–H groups in total. The van der Waals surface area contributed by atoms with Crippen LogP contribution in [-0.2, 0) is 22.4 Å². The number of aryl methyl sites for hydroxylation is 2. The molecule has 0 saturated heterocycles. The van der Waals surface area contributed by atoms with E-state index < -0.39 is 0 Å². The highest BCUT2D eigenvalue weighted by molar-refractivity contribution is 7.16. The number of nitrogens with two attached hydrogens (primary N) is 1. The molecule has 1 heterocycles.